The van der Waals surface area contributed by atoms with Crippen LogP contribution in [0.4, 0.5) is 8.78 Å². The van der Waals surface area contributed by atoms with Gasteiger partial charge in [0.15, 0.2) is 11.4 Å². The predicted molar refractivity (Wildman–Crippen MR) is 88.5 cm³/mol. The Morgan fingerprint density at radius 2 is 1.80 bits per heavy atom. The highest BCUT2D eigenvalue weighted by molar-refractivity contribution is 7.89. The van der Waals surface area contributed by atoms with Crippen LogP contribution in [-0.2, 0) is 14.8 Å². The summed E-state index contributed by atoms with van der Waals surface area (Å²) in [7, 11) is -4.23. The lowest BCUT2D eigenvalue weighted by Gasteiger charge is -2.31. The fraction of sp³-hybridized carbons (Fsp3) is 0.562. The third-order valence-corrected chi connectivity index (χ3v) is 6.02. The number of halogens is 2. The maximum atomic E-state index is 13.8. The van der Waals surface area contributed by atoms with Gasteiger partial charge < -0.3 is 10.2 Å². The number of carbonyl (C=O) groups is 1. The van der Waals surface area contributed by atoms with E-state index in [1.807, 2.05) is 13.8 Å². The van der Waals surface area contributed by atoms with Gasteiger partial charge in [0.1, 0.15) is 11.6 Å². The molecule has 0 bridgehead atoms. The van der Waals surface area contributed by atoms with Crippen LogP contribution in [0.3, 0.4) is 0 Å². The summed E-state index contributed by atoms with van der Waals surface area (Å²) in [5.74, 6) is -1.91. The van der Waals surface area contributed by atoms with E-state index in [-0.39, 0.29) is 25.5 Å². The van der Waals surface area contributed by atoms with Gasteiger partial charge in [-0.25, -0.2) is 17.2 Å². The average Bonchev–Trinajstić information content (AvgIpc) is 2.53. The van der Waals surface area contributed by atoms with Gasteiger partial charge in [0.25, 0.3) is 5.91 Å². The maximum Gasteiger partial charge on any atom is 0.275 e. The van der Waals surface area contributed by atoms with Gasteiger partial charge in [0.05, 0.1) is 26.2 Å². The van der Waals surface area contributed by atoms with Crippen LogP contribution in [-0.4, -0.2) is 57.9 Å². The number of amides is 1. The van der Waals surface area contributed by atoms with Crippen molar-refractivity contribution in [3.8, 4) is 0 Å². The minimum absolute atomic E-state index is 0.0832. The molecule has 9 heteroatoms. The van der Waals surface area contributed by atoms with Crippen LogP contribution in [0.15, 0.2) is 23.1 Å². The highest BCUT2D eigenvalue weighted by Crippen LogP contribution is 2.22. The molecular formula is C16H24F2N3O3S+. The molecule has 1 amide bonds. The largest absolute Gasteiger partial charge is 0.351 e. The minimum Gasteiger partial charge on any atom is -0.351 e. The second-order valence-corrected chi connectivity index (χ2v) is 8.45. The topological polar surface area (TPSA) is 70.9 Å². The number of piperazine rings is 1. The van der Waals surface area contributed by atoms with Crippen molar-refractivity contribution in [3.05, 3.63) is 29.8 Å². The molecule has 6 nitrogen and oxygen atoms in total. The van der Waals surface area contributed by atoms with Crippen molar-refractivity contribution in [3.63, 3.8) is 0 Å². The first-order valence-electron chi connectivity index (χ1n) is 8.26. The van der Waals surface area contributed by atoms with Crippen LogP contribution in [0.25, 0.3) is 0 Å². The van der Waals surface area contributed by atoms with Crippen molar-refractivity contribution in [2.24, 2.45) is 5.92 Å². The summed E-state index contributed by atoms with van der Waals surface area (Å²) in [4.78, 5) is 11.9. The van der Waals surface area contributed by atoms with E-state index in [0.29, 0.717) is 25.6 Å². The molecule has 0 spiro atoms. The molecule has 0 saturated carbocycles. The lowest BCUT2D eigenvalue weighted by atomic mass is 10.2. The summed E-state index contributed by atoms with van der Waals surface area (Å²) in [5.41, 5.74) is 0. The Bertz CT molecular complexity index is 697. The zero-order valence-electron chi connectivity index (χ0n) is 14.4. The second-order valence-electron chi connectivity index (χ2n) is 6.58. The van der Waals surface area contributed by atoms with E-state index in [9.17, 15) is 22.0 Å². The molecule has 2 N–H and O–H groups in total. The first-order valence-corrected chi connectivity index (χ1v) is 9.70. The SMILES string of the molecule is CC(C)CNC(=O)C[NH+]1CCN(S(=O)(=O)c2c(F)cccc2F)CC1. The van der Waals surface area contributed by atoms with Gasteiger partial charge in [-0.1, -0.05) is 19.9 Å². The van der Waals surface area contributed by atoms with Crippen molar-refractivity contribution >= 4 is 15.9 Å². The van der Waals surface area contributed by atoms with Gasteiger partial charge in [0.2, 0.25) is 10.0 Å². The van der Waals surface area contributed by atoms with Crippen LogP contribution in [0.2, 0.25) is 0 Å². The summed E-state index contributed by atoms with van der Waals surface area (Å²) >= 11 is 0. The number of sulfonamides is 1. The lowest BCUT2D eigenvalue weighted by molar-refractivity contribution is -0.895. The smallest absolute Gasteiger partial charge is 0.275 e. The van der Waals surface area contributed by atoms with Crippen LogP contribution < -0.4 is 10.2 Å². The third kappa shape index (κ3) is 4.96. The van der Waals surface area contributed by atoms with Crippen LogP contribution in [0, 0.1) is 17.6 Å². The molecule has 1 saturated heterocycles. The summed E-state index contributed by atoms with van der Waals surface area (Å²) in [6.45, 7) is 5.89. The van der Waals surface area contributed by atoms with Gasteiger partial charge in [0, 0.05) is 6.54 Å². The second kappa shape index (κ2) is 8.20. The van der Waals surface area contributed by atoms with Crippen LogP contribution in [0.1, 0.15) is 13.8 Å². The number of carbonyl (C=O) groups excluding carboxylic acids is 1. The molecule has 0 unspecified atom stereocenters. The number of hydrogen-bond donors (Lipinski definition) is 2. The molecule has 1 aliphatic rings. The van der Waals surface area contributed by atoms with Gasteiger partial charge in [-0.2, -0.15) is 4.31 Å². The molecular weight excluding hydrogens is 352 g/mol. The van der Waals surface area contributed by atoms with Gasteiger partial charge in [-0.15, -0.1) is 0 Å². The Kier molecular flexibility index (Phi) is 6.47. The molecule has 2 rings (SSSR count). The minimum atomic E-state index is -4.23. The zero-order valence-corrected chi connectivity index (χ0v) is 15.2. The molecule has 1 aromatic carbocycles. The van der Waals surface area contributed by atoms with E-state index < -0.39 is 26.6 Å². The standard InChI is InChI=1S/C16H23F2N3O3S/c1-12(2)10-19-15(22)11-20-6-8-21(9-7-20)25(23,24)16-13(17)4-3-5-14(16)18/h3-5,12H,6-11H2,1-2H3,(H,19,22)/p+1. The molecule has 1 aromatic rings. The highest BCUT2D eigenvalue weighted by atomic mass is 32.2. The molecule has 1 aliphatic heterocycles. The Labute approximate surface area is 146 Å². The van der Waals surface area contributed by atoms with Crippen LogP contribution in [0.5, 0.6) is 0 Å². The van der Waals surface area contributed by atoms with Crippen molar-refractivity contribution in [1.82, 2.24) is 9.62 Å². The van der Waals surface area contributed by atoms with E-state index in [1.54, 1.807) is 0 Å². The molecule has 1 heterocycles. The molecule has 0 atom stereocenters. The van der Waals surface area contributed by atoms with E-state index in [1.165, 1.54) is 0 Å². The number of quaternary nitrogens is 1. The number of hydrogen-bond acceptors (Lipinski definition) is 3. The molecule has 140 valence electrons. The average molecular weight is 376 g/mol. The lowest BCUT2D eigenvalue weighted by Crippen LogP contribution is -3.15. The van der Waals surface area contributed by atoms with Crippen molar-refractivity contribution in [1.29, 1.82) is 0 Å². The zero-order chi connectivity index (χ0) is 18.6. The van der Waals surface area contributed by atoms with E-state index in [2.05, 4.69) is 5.32 Å². The van der Waals surface area contributed by atoms with E-state index in [0.717, 1.165) is 27.4 Å². The highest BCUT2D eigenvalue weighted by Gasteiger charge is 2.34. The van der Waals surface area contributed by atoms with Gasteiger partial charge >= 0.3 is 0 Å². The normalized spacial score (nSPS) is 17.0. The number of rotatable bonds is 6. The fourth-order valence-corrected chi connectivity index (χ4v) is 4.24. The molecule has 0 aromatic heterocycles. The summed E-state index contributed by atoms with van der Waals surface area (Å²) in [5, 5.41) is 2.82. The molecule has 1 fully saturated rings. The van der Waals surface area contributed by atoms with E-state index in [4.69, 9.17) is 0 Å². The number of benzene rings is 1. The number of nitrogens with one attached hydrogen (secondary N) is 2. The Hall–Kier alpha value is -1.58. The maximum absolute atomic E-state index is 13.8. The Balaban J connectivity index is 1.96. The van der Waals surface area contributed by atoms with Crippen LogP contribution >= 0.6 is 0 Å². The molecule has 25 heavy (non-hydrogen) atoms. The summed E-state index contributed by atoms with van der Waals surface area (Å²) < 4.78 is 53.7. The first-order chi connectivity index (χ1) is 11.7. The van der Waals surface area contributed by atoms with E-state index >= 15 is 0 Å². The van der Waals surface area contributed by atoms with Gasteiger partial charge in [-0.3, -0.25) is 4.79 Å². The quantitative estimate of drug-likeness (QED) is 0.712. The third-order valence-electron chi connectivity index (χ3n) is 4.06. The summed E-state index contributed by atoms with van der Waals surface area (Å²) in [6, 6.07) is 2.98. The van der Waals surface area contributed by atoms with Crippen molar-refractivity contribution < 1.29 is 26.9 Å². The Morgan fingerprint density at radius 3 is 2.32 bits per heavy atom. The van der Waals surface area contributed by atoms with Gasteiger partial charge in [-0.05, 0) is 18.1 Å². The fourth-order valence-electron chi connectivity index (χ4n) is 2.69. The number of nitrogens with zero attached hydrogens (tertiary/aromatic N) is 1. The van der Waals surface area contributed by atoms with Crippen molar-refractivity contribution in [2.75, 3.05) is 39.3 Å². The van der Waals surface area contributed by atoms with Crippen molar-refractivity contribution in [2.45, 2.75) is 18.7 Å². The Morgan fingerprint density at radius 1 is 1.24 bits per heavy atom. The predicted octanol–water partition coefficient (Wildman–Crippen LogP) is -0.374. The molecule has 0 aliphatic carbocycles. The monoisotopic (exact) mass is 376 g/mol. The molecule has 0 radical (unpaired) electrons. The summed E-state index contributed by atoms with van der Waals surface area (Å²) in [6.07, 6.45) is 0. The first kappa shape index (κ1) is 19.7.